The van der Waals surface area contributed by atoms with Crippen molar-refractivity contribution in [3.8, 4) is 11.3 Å². The van der Waals surface area contributed by atoms with Crippen molar-refractivity contribution in [1.29, 1.82) is 0 Å². The molecule has 7 nitrogen and oxygen atoms in total. The molecule has 2 atom stereocenters. The first-order chi connectivity index (χ1) is 14.1. The highest BCUT2D eigenvalue weighted by molar-refractivity contribution is 5.98. The molecular weight excluding hydrogens is 364 g/mol. The molecule has 1 aromatic carbocycles. The molecule has 1 saturated carbocycles. The Hall–Kier alpha value is -3.74. The molecule has 1 fully saturated rings. The molecule has 1 amide bonds. The maximum atomic E-state index is 12.6. The molecule has 3 aromatic heterocycles. The van der Waals surface area contributed by atoms with Gasteiger partial charge in [0.15, 0.2) is 0 Å². The zero-order valence-electron chi connectivity index (χ0n) is 15.9. The van der Waals surface area contributed by atoms with E-state index in [-0.39, 0.29) is 17.7 Å². The summed E-state index contributed by atoms with van der Waals surface area (Å²) in [4.78, 5) is 21.5. The standard InChI is InChI=1S/C22H20N6O/c1-12-4-2-3-5-14(12)19-8-13-9-20(24-11-17(13)21(23)26-19)27-22(29)16-10-15(16)18-6-7-25-28-18/h2-9,11,15-16H,10H2,1H3,(H2,23,26)(H,25,28)(H,24,27,29)/t15-,16-/m0/s1. The molecular formula is C22H20N6O. The fraction of sp³-hybridized carbons (Fsp3) is 0.182. The average molecular weight is 384 g/mol. The molecule has 1 aliphatic carbocycles. The number of nitrogens with one attached hydrogen (secondary N) is 2. The van der Waals surface area contributed by atoms with Crippen molar-refractivity contribution in [2.75, 3.05) is 11.1 Å². The van der Waals surface area contributed by atoms with E-state index >= 15 is 0 Å². The summed E-state index contributed by atoms with van der Waals surface area (Å²) < 4.78 is 0. The van der Waals surface area contributed by atoms with Crippen molar-refractivity contribution in [3.63, 3.8) is 0 Å². The maximum absolute atomic E-state index is 12.6. The lowest BCUT2D eigenvalue weighted by molar-refractivity contribution is -0.117. The molecule has 144 valence electrons. The van der Waals surface area contributed by atoms with Gasteiger partial charge in [0.2, 0.25) is 5.91 Å². The van der Waals surface area contributed by atoms with Gasteiger partial charge in [-0.3, -0.25) is 9.89 Å². The molecule has 0 spiro atoms. The number of anilines is 2. The van der Waals surface area contributed by atoms with Crippen molar-refractivity contribution >= 4 is 28.3 Å². The number of amides is 1. The lowest BCUT2D eigenvalue weighted by Gasteiger charge is -2.10. The molecule has 0 bridgehead atoms. The quantitative estimate of drug-likeness (QED) is 0.497. The van der Waals surface area contributed by atoms with Gasteiger partial charge >= 0.3 is 0 Å². The van der Waals surface area contributed by atoms with Gasteiger partial charge in [-0.15, -0.1) is 0 Å². The first-order valence-electron chi connectivity index (χ1n) is 9.52. The largest absolute Gasteiger partial charge is 0.383 e. The Labute approximate surface area is 167 Å². The Bertz CT molecular complexity index is 1220. The second kappa shape index (κ2) is 6.70. The molecule has 4 aromatic rings. The fourth-order valence-corrected chi connectivity index (χ4v) is 3.76. The number of nitrogens with two attached hydrogens (primary N) is 1. The minimum absolute atomic E-state index is 0.0300. The third-order valence-corrected chi connectivity index (χ3v) is 5.47. The summed E-state index contributed by atoms with van der Waals surface area (Å²) in [7, 11) is 0. The second-order valence-electron chi connectivity index (χ2n) is 7.45. The Kier molecular flexibility index (Phi) is 4.01. The van der Waals surface area contributed by atoms with Crippen LogP contribution in [0.1, 0.15) is 23.6 Å². The predicted octanol–water partition coefficient (Wildman–Crippen LogP) is 3.65. The summed E-state index contributed by atoms with van der Waals surface area (Å²) >= 11 is 0. The summed E-state index contributed by atoms with van der Waals surface area (Å²) in [5.74, 6) is 1.05. The van der Waals surface area contributed by atoms with Gasteiger partial charge in [-0.1, -0.05) is 24.3 Å². The van der Waals surface area contributed by atoms with E-state index in [0.717, 1.165) is 39.7 Å². The molecule has 29 heavy (non-hydrogen) atoms. The van der Waals surface area contributed by atoms with Crippen LogP contribution in [0.15, 0.2) is 54.9 Å². The molecule has 3 heterocycles. The van der Waals surface area contributed by atoms with Crippen LogP contribution in [0.25, 0.3) is 22.0 Å². The van der Waals surface area contributed by atoms with Crippen molar-refractivity contribution < 1.29 is 4.79 Å². The van der Waals surface area contributed by atoms with Gasteiger partial charge in [0.1, 0.15) is 11.6 Å². The van der Waals surface area contributed by atoms with Crippen LogP contribution in [0.4, 0.5) is 11.6 Å². The molecule has 7 heteroatoms. The number of carbonyl (C=O) groups excluding carboxylic acids is 1. The van der Waals surface area contributed by atoms with E-state index in [1.54, 1.807) is 12.4 Å². The van der Waals surface area contributed by atoms with Crippen molar-refractivity contribution in [1.82, 2.24) is 20.2 Å². The number of hydrogen-bond donors (Lipinski definition) is 3. The molecule has 0 unspecified atom stereocenters. The third-order valence-electron chi connectivity index (χ3n) is 5.47. The topological polar surface area (TPSA) is 110 Å². The number of hydrogen-bond acceptors (Lipinski definition) is 5. The van der Waals surface area contributed by atoms with Crippen LogP contribution >= 0.6 is 0 Å². The highest BCUT2D eigenvalue weighted by atomic mass is 16.2. The van der Waals surface area contributed by atoms with Gasteiger partial charge in [0, 0.05) is 40.9 Å². The predicted molar refractivity (Wildman–Crippen MR) is 112 cm³/mol. The number of benzene rings is 1. The normalized spacial score (nSPS) is 18.0. The molecule has 4 N–H and O–H groups in total. The van der Waals surface area contributed by atoms with Gasteiger partial charge in [-0.25, -0.2) is 9.97 Å². The number of rotatable bonds is 4. The van der Waals surface area contributed by atoms with Crippen molar-refractivity contribution in [3.05, 3.63) is 66.1 Å². The third kappa shape index (κ3) is 3.20. The first kappa shape index (κ1) is 17.4. The van der Waals surface area contributed by atoms with Crippen LogP contribution in [0.3, 0.4) is 0 Å². The number of fused-ring (bicyclic) bond motifs is 1. The Morgan fingerprint density at radius 1 is 1.24 bits per heavy atom. The van der Waals surface area contributed by atoms with E-state index < -0.39 is 0 Å². The number of pyridine rings is 2. The van der Waals surface area contributed by atoms with Crippen molar-refractivity contribution in [2.24, 2.45) is 5.92 Å². The van der Waals surface area contributed by atoms with Crippen LogP contribution < -0.4 is 11.1 Å². The summed E-state index contributed by atoms with van der Waals surface area (Å²) in [6.45, 7) is 2.04. The minimum Gasteiger partial charge on any atom is -0.383 e. The second-order valence-corrected chi connectivity index (χ2v) is 7.45. The van der Waals surface area contributed by atoms with Crippen LogP contribution in [-0.2, 0) is 4.79 Å². The number of H-pyrrole nitrogens is 1. The lowest BCUT2D eigenvalue weighted by atomic mass is 10.0. The zero-order valence-corrected chi connectivity index (χ0v) is 15.9. The molecule has 0 aliphatic heterocycles. The van der Waals surface area contributed by atoms with Crippen LogP contribution in [-0.4, -0.2) is 26.1 Å². The van der Waals surface area contributed by atoms with Gasteiger partial charge < -0.3 is 11.1 Å². The Morgan fingerprint density at radius 2 is 2.10 bits per heavy atom. The SMILES string of the molecule is Cc1ccccc1-c1cc2cc(NC(=O)[C@H]3C[C@@H]3c3ccn[nH]3)ncc2c(N)n1. The zero-order chi connectivity index (χ0) is 20.0. The van der Waals surface area contributed by atoms with E-state index in [9.17, 15) is 4.79 Å². The van der Waals surface area contributed by atoms with E-state index in [1.165, 1.54) is 0 Å². The summed E-state index contributed by atoms with van der Waals surface area (Å²) in [6, 6.07) is 13.8. The summed E-state index contributed by atoms with van der Waals surface area (Å²) in [5.41, 5.74) is 10.1. The van der Waals surface area contributed by atoms with E-state index in [2.05, 4.69) is 25.5 Å². The lowest BCUT2D eigenvalue weighted by Crippen LogP contribution is -2.15. The van der Waals surface area contributed by atoms with Gasteiger partial charge in [0.25, 0.3) is 0 Å². The molecule has 1 aliphatic rings. The number of nitrogen functional groups attached to an aromatic ring is 1. The first-order valence-corrected chi connectivity index (χ1v) is 9.52. The monoisotopic (exact) mass is 384 g/mol. The van der Waals surface area contributed by atoms with Crippen LogP contribution in [0.2, 0.25) is 0 Å². The highest BCUT2D eigenvalue weighted by Gasteiger charge is 2.45. The maximum Gasteiger partial charge on any atom is 0.229 e. The number of aromatic nitrogens is 4. The van der Waals surface area contributed by atoms with Gasteiger partial charge in [-0.05, 0) is 42.5 Å². The Morgan fingerprint density at radius 3 is 2.90 bits per heavy atom. The van der Waals surface area contributed by atoms with E-state index in [0.29, 0.717) is 11.6 Å². The summed E-state index contributed by atoms with van der Waals surface area (Å²) in [6.07, 6.45) is 4.18. The number of carbonyl (C=O) groups is 1. The van der Waals surface area contributed by atoms with Crippen molar-refractivity contribution in [2.45, 2.75) is 19.3 Å². The molecule has 0 radical (unpaired) electrons. The van der Waals surface area contributed by atoms with Crippen LogP contribution in [0.5, 0.6) is 0 Å². The highest BCUT2D eigenvalue weighted by Crippen LogP contribution is 2.47. The van der Waals surface area contributed by atoms with Gasteiger partial charge in [-0.2, -0.15) is 5.10 Å². The fourth-order valence-electron chi connectivity index (χ4n) is 3.76. The number of nitrogens with zero attached hydrogens (tertiary/aromatic N) is 3. The Balaban J connectivity index is 1.42. The smallest absolute Gasteiger partial charge is 0.229 e. The van der Waals surface area contributed by atoms with E-state index in [4.69, 9.17) is 5.73 Å². The number of aryl methyl sites for hydroxylation is 1. The minimum atomic E-state index is -0.0574. The van der Waals surface area contributed by atoms with E-state index in [1.807, 2.05) is 49.4 Å². The number of aromatic amines is 1. The summed E-state index contributed by atoms with van der Waals surface area (Å²) in [5, 5.41) is 11.5. The van der Waals surface area contributed by atoms with Gasteiger partial charge in [0.05, 0.1) is 5.69 Å². The molecule has 0 saturated heterocycles. The average Bonchev–Trinajstić information content (AvgIpc) is 3.33. The molecule has 5 rings (SSSR count). The van der Waals surface area contributed by atoms with Crippen LogP contribution in [0, 0.1) is 12.8 Å².